The van der Waals surface area contributed by atoms with Crippen molar-refractivity contribution in [2.45, 2.75) is 33.1 Å². The van der Waals surface area contributed by atoms with E-state index in [1.807, 2.05) is 12.1 Å². The SMILES string of the molecule is Cc1cccc2oc(-c3ccc(C(C)(C)C)cc3)nc12. The van der Waals surface area contributed by atoms with Crippen molar-refractivity contribution in [2.75, 3.05) is 0 Å². The molecule has 1 heterocycles. The van der Waals surface area contributed by atoms with Crippen molar-refractivity contribution in [2.24, 2.45) is 0 Å². The Morgan fingerprint density at radius 2 is 1.65 bits per heavy atom. The summed E-state index contributed by atoms with van der Waals surface area (Å²) in [7, 11) is 0. The van der Waals surface area contributed by atoms with Gasteiger partial charge in [0.25, 0.3) is 0 Å². The lowest BCUT2D eigenvalue weighted by Crippen LogP contribution is -2.10. The normalized spacial score (nSPS) is 12.0. The van der Waals surface area contributed by atoms with Crippen LogP contribution < -0.4 is 0 Å². The van der Waals surface area contributed by atoms with Crippen molar-refractivity contribution in [3.63, 3.8) is 0 Å². The minimum atomic E-state index is 0.163. The number of hydrogen-bond donors (Lipinski definition) is 0. The van der Waals surface area contributed by atoms with E-state index in [9.17, 15) is 0 Å². The third-order valence-corrected chi connectivity index (χ3v) is 3.62. The van der Waals surface area contributed by atoms with Crippen LogP contribution in [0.25, 0.3) is 22.6 Å². The summed E-state index contributed by atoms with van der Waals surface area (Å²) < 4.78 is 5.85. The maximum absolute atomic E-state index is 5.85. The van der Waals surface area contributed by atoms with Crippen molar-refractivity contribution in [3.05, 3.63) is 53.6 Å². The van der Waals surface area contributed by atoms with E-state index in [2.05, 4.69) is 63.0 Å². The van der Waals surface area contributed by atoms with Crippen LogP contribution in [0.4, 0.5) is 0 Å². The van der Waals surface area contributed by atoms with Gasteiger partial charge in [-0.3, -0.25) is 0 Å². The lowest BCUT2D eigenvalue weighted by molar-refractivity contribution is 0.589. The van der Waals surface area contributed by atoms with E-state index < -0.39 is 0 Å². The Kier molecular flexibility index (Phi) is 2.89. The van der Waals surface area contributed by atoms with Crippen molar-refractivity contribution < 1.29 is 4.42 Å². The largest absolute Gasteiger partial charge is 0.436 e. The number of nitrogens with zero attached hydrogens (tertiary/aromatic N) is 1. The number of para-hydroxylation sites is 1. The quantitative estimate of drug-likeness (QED) is 0.611. The minimum absolute atomic E-state index is 0.163. The molecular weight excluding hydrogens is 246 g/mol. The second-order valence-corrected chi connectivity index (χ2v) is 6.27. The first-order chi connectivity index (χ1) is 9.45. The fourth-order valence-corrected chi connectivity index (χ4v) is 2.32. The molecule has 0 aliphatic heterocycles. The molecule has 0 bridgehead atoms. The van der Waals surface area contributed by atoms with E-state index in [0.717, 1.165) is 22.2 Å². The van der Waals surface area contributed by atoms with E-state index in [4.69, 9.17) is 4.42 Å². The summed E-state index contributed by atoms with van der Waals surface area (Å²) in [5, 5.41) is 0. The topological polar surface area (TPSA) is 26.0 Å². The number of oxazole rings is 1. The molecule has 0 spiro atoms. The Balaban J connectivity index is 2.05. The molecule has 3 rings (SSSR count). The molecule has 0 fully saturated rings. The summed E-state index contributed by atoms with van der Waals surface area (Å²) >= 11 is 0. The fraction of sp³-hybridized carbons (Fsp3) is 0.278. The highest BCUT2D eigenvalue weighted by Crippen LogP contribution is 2.28. The zero-order valence-corrected chi connectivity index (χ0v) is 12.4. The zero-order valence-electron chi connectivity index (χ0n) is 12.4. The molecule has 1 aromatic heterocycles. The maximum atomic E-state index is 5.85. The number of benzene rings is 2. The van der Waals surface area contributed by atoms with Crippen LogP contribution in [0.3, 0.4) is 0 Å². The van der Waals surface area contributed by atoms with Gasteiger partial charge in [0.05, 0.1) is 0 Å². The van der Waals surface area contributed by atoms with Crippen LogP contribution in [0.15, 0.2) is 46.9 Å². The van der Waals surface area contributed by atoms with Gasteiger partial charge in [0, 0.05) is 5.56 Å². The van der Waals surface area contributed by atoms with E-state index >= 15 is 0 Å². The Bertz CT molecular complexity index is 745. The van der Waals surface area contributed by atoms with Crippen LogP contribution in [-0.2, 0) is 5.41 Å². The predicted molar refractivity (Wildman–Crippen MR) is 82.9 cm³/mol. The molecule has 102 valence electrons. The summed E-state index contributed by atoms with van der Waals surface area (Å²) in [5.41, 5.74) is 5.43. The average molecular weight is 265 g/mol. The molecule has 0 amide bonds. The molecule has 0 saturated heterocycles. The second-order valence-electron chi connectivity index (χ2n) is 6.27. The molecule has 0 N–H and O–H groups in total. The minimum Gasteiger partial charge on any atom is -0.436 e. The molecule has 2 aromatic carbocycles. The molecule has 0 saturated carbocycles. The smallest absolute Gasteiger partial charge is 0.227 e. The number of rotatable bonds is 1. The van der Waals surface area contributed by atoms with Crippen molar-refractivity contribution >= 4 is 11.1 Å². The molecule has 0 aliphatic rings. The van der Waals surface area contributed by atoms with Gasteiger partial charge in [-0.15, -0.1) is 0 Å². The Hall–Kier alpha value is -2.09. The number of aromatic nitrogens is 1. The van der Waals surface area contributed by atoms with Crippen LogP contribution in [-0.4, -0.2) is 4.98 Å². The number of aryl methyl sites for hydroxylation is 1. The van der Waals surface area contributed by atoms with Crippen LogP contribution in [0.1, 0.15) is 31.9 Å². The Labute approximate surface area is 119 Å². The van der Waals surface area contributed by atoms with E-state index in [0.29, 0.717) is 5.89 Å². The molecule has 0 atom stereocenters. The van der Waals surface area contributed by atoms with Gasteiger partial charge in [-0.2, -0.15) is 0 Å². The van der Waals surface area contributed by atoms with E-state index in [1.165, 1.54) is 5.56 Å². The van der Waals surface area contributed by atoms with Crippen LogP contribution in [0, 0.1) is 6.92 Å². The van der Waals surface area contributed by atoms with Gasteiger partial charge in [0.1, 0.15) is 5.52 Å². The van der Waals surface area contributed by atoms with Gasteiger partial charge in [0.15, 0.2) is 5.58 Å². The molecule has 0 radical (unpaired) electrons. The lowest BCUT2D eigenvalue weighted by atomic mass is 9.87. The monoisotopic (exact) mass is 265 g/mol. The first-order valence-electron chi connectivity index (χ1n) is 6.92. The van der Waals surface area contributed by atoms with Gasteiger partial charge in [0.2, 0.25) is 5.89 Å². The van der Waals surface area contributed by atoms with Gasteiger partial charge in [-0.25, -0.2) is 4.98 Å². The molecule has 2 heteroatoms. The average Bonchev–Trinajstić information content (AvgIpc) is 2.83. The van der Waals surface area contributed by atoms with Gasteiger partial charge < -0.3 is 4.42 Å². The summed E-state index contributed by atoms with van der Waals surface area (Å²) in [5.74, 6) is 0.690. The van der Waals surface area contributed by atoms with Crippen LogP contribution in [0.2, 0.25) is 0 Å². The highest BCUT2D eigenvalue weighted by atomic mass is 16.3. The molecule has 3 aromatic rings. The highest BCUT2D eigenvalue weighted by molar-refractivity contribution is 5.79. The van der Waals surface area contributed by atoms with Crippen molar-refractivity contribution in [1.29, 1.82) is 0 Å². The highest BCUT2D eigenvalue weighted by Gasteiger charge is 2.14. The molecule has 0 unspecified atom stereocenters. The zero-order chi connectivity index (χ0) is 14.3. The third kappa shape index (κ3) is 2.22. The molecular formula is C18H19NO. The summed E-state index contributed by atoms with van der Waals surface area (Å²) in [4.78, 5) is 4.61. The summed E-state index contributed by atoms with van der Waals surface area (Å²) in [6.07, 6.45) is 0. The van der Waals surface area contributed by atoms with Crippen molar-refractivity contribution in [3.8, 4) is 11.5 Å². The molecule has 0 aliphatic carbocycles. The lowest BCUT2D eigenvalue weighted by Gasteiger charge is -2.18. The third-order valence-electron chi connectivity index (χ3n) is 3.62. The molecule has 20 heavy (non-hydrogen) atoms. The van der Waals surface area contributed by atoms with Gasteiger partial charge in [-0.1, -0.05) is 45.0 Å². The number of fused-ring (bicyclic) bond motifs is 1. The van der Waals surface area contributed by atoms with Crippen LogP contribution >= 0.6 is 0 Å². The predicted octanol–water partition coefficient (Wildman–Crippen LogP) is 5.10. The Morgan fingerprint density at radius 3 is 2.25 bits per heavy atom. The van der Waals surface area contributed by atoms with Crippen molar-refractivity contribution in [1.82, 2.24) is 4.98 Å². The number of hydrogen-bond acceptors (Lipinski definition) is 2. The first-order valence-corrected chi connectivity index (χ1v) is 6.92. The Morgan fingerprint density at radius 1 is 0.950 bits per heavy atom. The standard InChI is InChI=1S/C18H19NO/c1-12-6-5-7-15-16(12)19-17(20-15)13-8-10-14(11-9-13)18(2,3)4/h5-11H,1-4H3. The second kappa shape index (κ2) is 4.48. The van der Waals surface area contributed by atoms with Crippen LogP contribution in [0.5, 0.6) is 0 Å². The first kappa shape index (κ1) is 12.9. The maximum Gasteiger partial charge on any atom is 0.227 e. The van der Waals surface area contributed by atoms with Gasteiger partial charge in [-0.05, 0) is 41.7 Å². The summed E-state index contributed by atoms with van der Waals surface area (Å²) in [6, 6.07) is 14.5. The van der Waals surface area contributed by atoms with Gasteiger partial charge >= 0.3 is 0 Å². The van der Waals surface area contributed by atoms with E-state index in [-0.39, 0.29) is 5.41 Å². The summed E-state index contributed by atoms with van der Waals surface area (Å²) in [6.45, 7) is 8.69. The fourth-order valence-electron chi connectivity index (χ4n) is 2.32. The van der Waals surface area contributed by atoms with E-state index in [1.54, 1.807) is 0 Å². The molecule has 2 nitrogen and oxygen atoms in total.